The van der Waals surface area contributed by atoms with E-state index in [-0.39, 0.29) is 12.0 Å². The zero-order valence-electron chi connectivity index (χ0n) is 11.9. The van der Waals surface area contributed by atoms with Gasteiger partial charge in [0.25, 0.3) is 0 Å². The van der Waals surface area contributed by atoms with Crippen LogP contribution in [0.15, 0.2) is 0 Å². The quantitative estimate of drug-likeness (QED) is 0.813. The van der Waals surface area contributed by atoms with Gasteiger partial charge < -0.3 is 14.8 Å². The molecule has 6 nitrogen and oxygen atoms in total. The molecule has 112 valence electrons. The van der Waals surface area contributed by atoms with Crippen LogP contribution < -0.4 is 14.8 Å². The van der Waals surface area contributed by atoms with Crippen molar-refractivity contribution in [3.63, 3.8) is 0 Å². The predicted molar refractivity (Wildman–Crippen MR) is 77.6 cm³/mol. The Bertz CT molecular complexity index is 411. The molecular weight excluding hydrogens is 280 g/mol. The van der Waals surface area contributed by atoms with E-state index >= 15 is 0 Å². The summed E-state index contributed by atoms with van der Waals surface area (Å²) >= 11 is 6.04. The molecule has 0 aliphatic heterocycles. The molecule has 20 heavy (non-hydrogen) atoms. The number of ether oxygens (including phenoxy) is 2. The van der Waals surface area contributed by atoms with Crippen LogP contribution >= 0.6 is 11.6 Å². The first-order chi connectivity index (χ1) is 9.76. The normalized spacial score (nSPS) is 22.4. The monoisotopic (exact) mass is 300 g/mol. The van der Waals surface area contributed by atoms with Gasteiger partial charge in [0.2, 0.25) is 5.95 Å². The second-order valence-corrected chi connectivity index (χ2v) is 5.28. The first-order valence-electron chi connectivity index (χ1n) is 6.90. The Balaban J connectivity index is 1.98. The molecule has 1 aliphatic carbocycles. The summed E-state index contributed by atoms with van der Waals surface area (Å²) in [6.45, 7) is 0.813. The molecule has 1 aliphatic rings. The Morgan fingerprint density at radius 2 is 1.65 bits per heavy atom. The van der Waals surface area contributed by atoms with Crippen molar-refractivity contribution >= 4 is 17.5 Å². The van der Waals surface area contributed by atoms with Crippen molar-refractivity contribution in [2.75, 3.05) is 32.0 Å². The molecule has 2 unspecified atom stereocenters. The minimum atomic E-state index is 0.247. The van der Waals surface area contributed by atoms with E-state index in [1.165, 1.54) is 39.9 Å². The zero-order chi connectivity index (χ0) is 14.4. The number of methoxy groups -OCH3 is 2. The molecular formula is C13H21ClN4O2. The van der Waals surface area contributed by atoms with E-state index in [0.717, 1.165) is 12.4 Å². The van der Waals surface area contributed by atoms with Crippen LogP contribution in [-0.2, 0) is 0 Å². The summed E-state index contributed by atoms with van der Waals surface area (Å²) in [5.41, 5.74) is 0. The molecule has 1 saturated carbocycles. The lowest BCUT2D eigenvalue weighted by Gasteiger charge is -2.30. The minimum Gasteiger partial charge on any atom is -0.467 e. The summed E-state index contributed by atoms with van der Waals surface area (Å²) in [5, 5.41) is 3.25. The second-order valence-electron chi connectivity index (χ2n) is 4.97. The highest BCUT2D eigenvalue weighted by atomic mass is 35.5. The van der Waals surface area contributed by atoms with Crippen LogP contribution in [0.25, 0.3) is 0 Å². The lowest BCUT2D eigenvalue weighted by molar-refractivity contribution is 0.271. The molecule has 0 saturated heterocycles. The average Bonchev–Trinajstić information content (AvgIpc) is 2.52. The largest absolute Gasteiger partial charge is 0.467 e. The number of hydrogen-bond acceptors (Lipinski definition) is 6. The number of nitrogens with one attached hydrogen (secondary N) is 1. The molecule has 0 amide bonds. The summed E-state index contributed by atoms with van der Waals surface area (Å²) < 4.78 is 10.1. The van der Waals surface area contributed by atoms with Gasteiger partial charge in [-0.15, -0.1) is 16.6 Å². The van der Waals surface area contributed by atoms with Crippen LogP contribution in [0, 0.1) is 11.8 Å². The Morgan fingerprint density at radius 3 is 2.20 bits per heavy atom. The van der Waals surface area contributed by atoms with Crippen LogP contribution in [0.2, 0.25) is 0 Å². The van der Waals surface area contributed by atoms with E-state index in [1.807, 2.05) is 0 Å². The van der Waals surface area contributed by atoms with Gasteiger partial charge in [-0.2, -0.15) is 9.97 Å². The van der Waals surface area contributed by atoms with Crippen LogP contribution in [0.4, 0.5) is 5.95 Å². The second kappa shape index (κ2) is 7.47. The highest BCUT2D eigenvalue weighted by molar-refractivity contribution is 6.18. The third-order valence-corrected chi connectivity index (χ3v) is 4.14. The van der Waals surface area contributed by atoms with E-state index in [4.69, 9.17) is 21.1 Å². The number of aromatic nitrogens is 3. The number of anilines is 1. The molecule has 0 aromatic carbocycles. The smallest absolute Gasteiger partial charge is 0.324 e. The molecule has 1 fully saturated rings. The molecule has 1 N–H and O–H groups in total. The van der Waals surface area contributed by atoms with Gasteiger partial charge in [-0.3, -0.25) is 0 Å². The summed E-state index contributed by atoms with van der Waals surface area (Å²) in [4.78, 5) is 12.3. The van der Waals surface area contributed by atoms with Gasteiger partial charge in [-0.1, -0.05) is 12.8 Å². The third-order valence-electron chi connectivity index (χ3n) is 3.75. The lowest BCUT2D eigenvalue weighted by Crippen LogP contribution is -2.28. The molecule has 1 heterocycles. The maximum Gasteiger partial charge on any atom is 0.324 e. The van der Waals surface area contributed by atoms with Gasteiger partial charge in [0.15, 0.2) is 0 Å². The van der Waals surface area contributed by atoms with Gasteiger partial charge >= 0.3 is 12.0 Å². The van der Waals surface area contributed by atoms with E-state index in [9.17, 15) is 0 Å². The summed E-state index contributed by atoms with van der Waals surface area (Å²) in [7, 11) is 3.03. The maximum absolute atomic E-state index is 6.04. The maximum atomic E-state index is 6.04. The fourth-order valence-corrected chi connectivity index (χ4v) is 2.98. The first kappa shape index (κ1) is 15.1. The fourth-order valence-electron chi connectivity index (χ4n) is 2.58. The average molecular weight is 301 g/mol. The van der Waals surface area contributed by atoms with Crippen LogP contribution in [-0.4, -0.2) is 41.6 Å². The van der Waals surface area contributed by atoms with Crippen LogP contribution in [0.3, 0.4) is 0 Å². The molecule has 2 rings (SSSR count). The Morgan fingerprint density at radius 1 is 1.05 bits per heavy atom. The van der Waals surface area contributed by atoms with Gasteiger partial charge in [-0.25, -0.2) is 0 Å². The van der Waals surface area contributed by atoms with E-state index in [2.05, 4.69) is 20.3 Å². The topological polar surface area (TPSA) is 69.2 Å². The Labute approximate surface area is 124 Å². The number of halogens is 1. The van der Waals surface area contributed by atoms with Gasteiger partial charge in [0, 0.05) is 12.4 Å². The first-order valence-corrected chi connectivity index (χ1v) is 7.44. The van der Waals surface area contributed by atoms with Crippen molar-refractivity contribution in [3.8, 4) is 12.0 Å². The fraction of sp³-hybridized carbons (Fsp3) is 0.769. The summed E-state index contributed by atoms with van der Waals surface area (Å²) in [5.74, 6) is 2.34. The summed E-state index contributed by atoms with van der Waals surface area (Å²) in [6, 6.07) is 0.494. The SMILES string of the molecule is COc1nc(NCC2CCCCC2CCl)nc(OC)n1. The van der Waals surface area contributed by atoms with Crippen molar-refractivity contribution in [1.82, 2.24) is 15.0 Å². The molecule has 0 spiro atoms. The molecule has 1 aromatic rings. The summed E-state index contributed by atoms with van der Waals surface area (Å²) in [6.07, 6.45) is 4.95. The van der Waals surface area contributed by atoms with Gasteiger partial charge in [0.05, 0.1) is 14.2 Å². The van der Waals surface area contributed by atoms with Crippen LogP contribution in [0.1, 0.15) is 25.7 Å². The van der Waals surface area contributed by atoms with E-state index in [1.54, 1.807) is 0 Å². The van der Waals surface area contributed by atoms with Crippen LogP contribution in [0.5, 0.6) is 12.0 Å². The van der Waals surface area contributed by atoms with Gasteiger partial charge in [0.1, 0.15) is 0 Å². The number of alkyl halides is 1. The van der Waals surface area contributed by atoms with E-state index < -0.39 is 0 Å². The molecule has 7 heteroatoms. The molecule has 0 bridgehead atoms. The molecule has 2 atom stereocenters. The highest BCUT2D eigenvalue weighted by Gasteiger charge is 2.24. The van der Waals surface area contributed by atoms with Gasteiger partial charge in [-0.05, 0) is 24.7 Å². The van der Waals surface area contributed by atoms with Crippen molar-refractivity contribution in [1.29, 1.82) is 0 Å². The van der Waals surface area contributed by atoms with Crippen molar-refractivity contribution < 1.29 is 9.47 Å². The Kier molecular flexibility index (Phi) is 5.64. The molecule has 1 aromatic heterocycles. The zero-order valence-corrected chi connectivity index (χ0v) is 12.7. The highest BCUT2D eigenvalue weighted by Crippen LogP contribution is 2.31. The Hall–Kier alpha value is -1.30. The predicted octanol–water partition coefficient (Wildman–Crippen LogP) is 2.35. The van der Waals surface area contributed by atoms with Crippen molar-refractivity contribution in [2.24, 2.45) is 11.8 Å². The number of hydrogen-bond donors (Lipinski definition) is 1. The number of nitrogens with zero attached hydrogens (tertiary/aromatic N) is 3. The third kappa shape index (κ3) is 3.85. The van der Waals surface area contributed by atoms with Crippen molar-refractivity contribution in [3.05, 3.63) is 0 Å². The number of rotatable bonds is 6. The van der Waals surface area contributed by atoms with Crippen molar-refractivity contribution in [2.45, 2.75) is 25.7 Å². The minimum absolute atomic E-state index is 0.247. The van der Waals surface area contributed by atoms with E-state index in [0.29, 0.717) is 17.8 Å². The molecule has 0 radical (unpaired) electrons. The standard InChI is InChI=1S/C13H21ClN4O2/c1-19-12-16-11(17-13(18-12)20-2)15-8-10-6-4-3-5-9(10)7-14/h9-10H,3-8H2,1-2H3,(H,15,16,17,18). The lowest BCUT2D eigenvalue weighted by atomic mass is 9.80.